The summed E-state index contributed by atoms with van der Waals surface area (Å²) in [4.78, 5) is 24.1. The lowest BCUT2D eigenvalue weighted by Crippen LogP contribution is -2.40. The summed E-state index contributed by atoms with van der Waals surface area (Å²) in [6.07, 6.45) is 2.94. The molecule has 1 atom stereocenters. The van der Waals surface area contributed by atoms with Gasteiger partial charge in [-0.2, -0.15) is 5.10 Å². The van der Waals surface area contributed by atoms with Gasteiger partial charge in [-0.05, 0) is 12.1 Å². The van der Waals surface area contributed by atoms with Crippen LogP contribution in [0.4, 0.5) is 0 Å². The Bertz CT molecular complexity index is 930. The Morgan fingerprint density at radius 2 is 2.14 bits per heavy atom. The number of nitrogens with one attached hydrogen (secondary N) is 1. The molecule has 0 unspecified atom stereocenters. The Kier molecular flexibility index (Phi) is 3.53. The van der Waals surface area contributed by atoms with Gasteiger partial charge in [0.1, 0.15) is 6.54 Å². The summed E-state index contributed by atoms with van der Waals surface area (Å²) < 4.78 is 23.6. The third-order valence-electron chi connectivity index (χ3n) is 3.33. The lowest BCUT2D eigenvalue weighted by molar-refractivity contribution is -0.122. The van der Waals surface area contributed by atoms with Crippen LogP contribution in [0, 0.1) is 0 Å². The number of nitrogens with zero attached hydrogens (tertiary/aromatic N) is 2. The van der Waals surface area contributed by atoms with Crippen molar-refractivity contribution in [3.05, 3.63) is 52.3 Å². The van der Waals surface area contributed by atoms with Crippen LogP contribution in [0.15, 0.2) is 46.7 Å². The minimum Gasteiger partial charge on any atom is -0.347 e. The Labute approximate surface area is 126 Å². The van der Waals surface area contributed by atoms with Crippen LogP contribution in [0.25, 0.3) is 10.8 Å². The Morgan fingerprint density at radius 3 is 2.86 bits per heavy atom. The molecule has 0 radical (unpaired) electrons. The van der Waals surface area contributed by atoms with Gasteiger partial charge in [-0.3, -0.25) is 9.59 Å². The first-order valence-corrected chi connectivity index (χ1v) is 8.31. The van der Waals surface area contributed by atoms with E-state index in [4.69, 9.17) is 0 Å². The zero-order valence-corrected chi connectivity index (χ0v) is 12.3. The van der Waals surface area contributed by atoms with Gasteiger partial charge in [0, 0.05) is 10.8 Å². The lowest BCUT2D eigenvalue weighted by Gasteiger charge is -2.10. The van der Waals surface area contributed by atoms with Crippen molar-refractivity contribution in [1.29, 1.82) is 0 Å². The highest BCUT2D eigenvalue weighted by atomic mass is 32.2. The SMILES string of the molecule is O=C(Cn1ncc2ccccc2c1=O)N[C@@H]1C=CS(=O)(=O)C1. The van der Waals surface area contributed by atoms with E-state index in [9.17, 15) is 18.0 Å². The average Bonchev–Trinajstić information content (AvgIpc) is 2.81. The Balaban J connectivity index is 1.76. The number of fused-ring (bicyclic) bond motifs is 1. The van der Waals surface area contributed by atoms with Crippen molar-refractivity contribution >= 4 is 26.5 Å². The van der Waals surface area contributed by atoms with E-state index in [1.54, 1.807) is 24.3 Å². The van der Waals surface area contributed by atoms with Crippen molar-refractivity contribution in [2.45, 2.75) is 12.6 Å². The van der Waals surface area contributed by atoms with Crippen molar-refractivity contribution in [3.63, 3.8) is 0 Å². The van der Waals surface area contributed by atoms with Crippen LogP contribution in [-0.2, 0) is 21.2 Å². The van der Waals surface area contributed by atoms with Gasteiger partial charge in [0.2, 0.25) is 5.91 Å². The van der Waals surface area contributed by atoms with E-state index in [1.807, 2.05) is 0 Å². The predicted molar refractivity (Wildman–Crippen MR) is 80.9 cm³/mol. The van der Waals surface area contributed by atoms with Crippen LogP contribution in [0.3, 0.4) is 0 Å². The first-order chi connectivity index (χ1) is 10.4. The smallest absolute Gasteiger partial charge is 0.275 e. The van der Waals surface area contributed by atoms with Gasteiger partial charge in [-0.15, -0.1) is 0 Å². The maximum absolute atomic E-state index is 12.2. The topological polar surface area (TPSA) is 98.1 Å². The third kappa shape index (κ3) is 2.91. The van der Waals surface area contributed by atoms with Crippen molar-refractivity contribution in [2.24, 2.45) is 0 Å². The standard InChI is InChI=1S/C14H13N3O4S/c18-13(16-11-5-6-22(20,21)9-11)8-17-14(19)12-4-2-1-3-10(12)7-15-17/h1-7,11H,8-9H2,(H,16,18)/t11-/m1/s1. The molecule has 0 spiro atoms. The molecule has 2 aromatic rings. The van der Waals surface area contributed by atoms with Crippen molar-refractivity contribution in [1.82, 2.24) is 15.1 Å². The van der Waals surface area contributed by atoms with Crippen LogP contribution in [0.1, 0.15) is 0 Å². The van der Waals surface area contributed by atoms with Crippen LogP contribution >= 0.6 is 0 Å². The van der Waals surface area contributed by atoms with Gasteiger partial charge in [-0.1, -0.05) is 18.2 Å². The zero-order chi connectivity index (χ0) is 15.7. The molecule has 0 fully saturated rings. The second-order valence-corrected chi connectivity index (χ2v) is 6.96. The summed E-state index contributed by atoms with van der Waals surface area (Å²) in [6.45, 7) is -0.256. The third-order valence-corrected chi connectivity index (χ3v) is 4.73. The van der Waals surface area contributed by atoms with E-state index in [2.05, 4.69) is 10.4 Å². The van der Waals surface area contributed by atoms with Gasteiger partial charge in [0.05, 0.1) is 23.4 Å². The molecule has 1 aliphatic rings. The van der Waals surface area contributed by atoms with Gasteiger partial charge < -0.3 is 5.32 Å². The summed E-state index contributed by atoms with van der Waals surface area (Å²) in [6, 6.07) is 6.41. The quantitative estimate of drug-likeness (QED) is 0.846. The molecule has 0 saturated heterocycles. The molecular formula is C14H13N3O4S. The fourth-order valence-corrected chi connectivity index (χ4v) is 3.53. The minimum absolute atomic E-state index is 0.154. The number of aromatic nitrogens is 2. The van der Waals surface area contributed by atoms with Crippen LogP contribution in [0.2, 0.25) is 0 Å². The molecule has 22 heavy (non-hydrogen) atoms. The lowest BCUT2D eigenvalue weighted by atomic mass is 10.2. The molecule has 2 heterocycles. The Morgan fingerprint density at radius 1 is 1.36 bits per heavy atom. The van der Waals surface area contributed by atoms with Gasteiger partial charge in [0.15, 0.2) is 9.84 Å². The first kappa shape index (κ1) is 14.5. The first-order valence-electron chi connectivity index (χ1n) is 6.60. The molecule has 0 saturated carbocycles. The van der Waals surface area contributed by atoms with Gasteiger partial charge in [0.25, 0.3) is 5.56 Å². The highest BCUT2D eigenvalue weighted by molar-refractivity contribution is 7.94. The van der Waals surface area contributed by atoms with E-state index in [-0.39, 0.29) is 17.9 Å². The largest absolute Gasteiger partial charge is 0.347 e. The number of benzene rings is 1. The number of hydrogen-bond donors (Lipinski definition) is 1. The fraction of sp³-hybridized carbons (Fsp3) is 0.214. The highest BCUT2D eigenvalue weighted by Gasteiger charge is 2.23. The summed E-state index contributed by atoms with van der Waals surface area (Å²) in [7, 11) is -3.23. The molecule has 3 rings (SSSR count). The van der Waals surface area contributed by atoms with Crippen molar-refractivity contribution < 1.29 is 13.2 Å². The van der Waals surface area contributed by atoms with Gasteiger partial charge in [-0.25, -0.2) is 13.1 Å². The van der Waals surface area contributed by atoms with E-state index in [0.29, 0.717) is 10.8 Å². The molecule has 0 bridgehead atoms. The van der Waals surface area contributed by atoms with E-state index >= 15 is 0 Å². The van der Waals surface area contributed by atoms with Gasteiger partial charge >= 0.3 is 0 Å². The molecule has 8 heteroatoms. The maximum Gasteiger partial charge on any atom is 0.275 e. The van der Waals surface area contributed by atoms with E-state index in [0.717, 1.165) is 10.1 Å². The maximum atomic E-state index is 12.2. The second kappa shape index (κ2) is 5.38. The summed E-state index contributed by atoms with van der Waals surface area (Å²) in [5, 5.41) is 8.77. The van der Waals surface area contributed by atoms with Crippen LogP contribution in [0.5, 0.6) is 0 Å². The van der Waals surface area contributed by atoms with Crippen molar-refractivity contribution in [2.75, 3.05) is 5.75 Å². The number of sulfone groups is 1. The number of amides is 1. The molecule has 7 nitrogen and oxygen atoms in total. The number of rotatable bonds is 3. The van der Waals surface area contributed by atoms with Crippen molar-refractivity contribution in [3.8, 4) is 0 Å². The molecule has 1 aliphatic heterocycles. The number of carbonyl (C=O) groups is 1. The van der Waals surface area contributed by atoms with Crippen LogP contribution < -0.4 is 10.9 Å². The Hall–Kier alpha value is -2.48. The summed E-state index contributed by atoms with van der Waals surface area (Å²) in [5.41, 5.74) is -0.358. The summed E-state index contributed by atoms with van der Waals surface area (Å²) in [5.74, 6) is -0.615. The average molecular weight is 319 g/mol. The monoisotopic (exact) mass is 319 g/mol. The molecule has 1 aromatic carbocycles. The molecule has 1 N–H and O–H groups in total. The minimum atomic E-state index is -3.23. The fourth-order valence-electron chi connectivity index (χ4n) is 2.29. The molecule has 1 amide bonds. The predicted octanol–water partition coefficient (Wildman–Crippen LogP) is -0.177. The highest BCUT2D eigenvalue weighted by Crippen LogP contribution is 2.08. The molecule has 0 aliphatic carbocycles. The molecular weight excluding hydrogens is 306 g/mol. The number of carbonyl (C=O) groups excluding carboxylic acids is 1. The van der Waals surface area contributed by atoms with Crippen LogP contribution in [-0.4, -0.2) is 35.9 Å². The number of hydrogen-bond acceptors (Lipinski definition) is 5. The van der Waals surface area contributed by atoms with E-state index in [1.165, 1.54) is 12.3 Å². The normalized spacial score (nSPS) is 19.4. The van der Waals surface area contributed by atoms with E-state index < -0.39 is 21.8 Å². The molecule has 1 aromatic heterocycles. The summed E-state index contributed by atoms with van der Waals surface area (Å²) >= 11 is 0. The zero-order valence-electron chi connectivity index (χ0n) is 11.5. The molecule has 114 valence electrons. The second-order valence-electron chi connectivity index (χ2n) is 5.03.